The second-order valence-electron chi connectivity index (χ2n) is 5.27. The fourth-order valence-electron chi connectivity index (χ4n) is 3.44. The molecule has 0 aromatic heterocycles. The number of fused-ring (bicyclic) bond motifs is 2. The van der Waals surface area contributed by atoms with Gasteiger partial charge >= 0.3 is 0 Å². The highest BCUT2D eigenvalue weighted by molar-refractivity contribution is 5.21. The van der Waals surface area contributed by atoms with Crippen molar-refractivity contribution < 1.29 is 9.29 Å². The topological polar surface area (TPSA) is 4.44 Å². The van der Waals surface area contributed by atoms with E-state index in [-0.39, 0.29) is 5.82 Å². The summed E-state index contributed by atoms with van der Waals surface area (Å²) in [5.41, 5.74) is 1.31. The second kappa shape index (κ2) is 3.85. The molecule has 1 aromatic rings. The zero-order valence-corrected chi connectivity index (χ0v) is 9.45. The van der Waals surface area contributed by atoms with E-state index in [0.29, 0.717) is 5.92 Å². The maximum absolute atomic E-state index is 12.9. The van der Waals surface area contributed by atoms with Crippen molar-refractivity contribution in [1.29, 1.82) is 0 Å². The molecule has 0 amide bonds. The van der Waals surface area contributed by atoms with E-state index in [4.69, 9.17) is 0 Å². The monoisotopic (exact) mass is 219 g/mol. The molecule has 4 atom stereocenters. The number of quaternary nitrogens is 1. The van der Waals surface area contributed by atoms with E-state index in [9.17, 15) is 4.39 Å². The summed E-state index contributed by atoms with van der Waals surface area (Å²) in [6.45, 7) is 0. The minimum Gasteiger partial charge on any atom is -0.463 e. The fraction of sp³-hybridized carbons (Fsp3) is 0.500. The zero-order valence-electron chi connectivity index (χ0n) is 9.45. The van der Waals surface area contributed by atoms with Crippen molar-refractivity contribution in [2.45, 2.75) is 43.7 Å². The van der Waals surface area contributed by atoms with Crippen LogP contribution in [-0.4, -0.2) is 12.1 Å². The summed E-state index contributed by atoms with van der Waals surface area (Å²) in [4.78, 5) is 1.48. The van der Waals surface area contributed by atoms with E-state index < -0.39 is 0 Å². The summed E-state index contributed by atoms with van der Waals surface area (Å²) in [7, 11) is 4.22. The molecule has 2 unspecified atom stereocenters. The lowest BCUT2D eigenvalue weighted by Gasteiger charge is -2.38. The Morgan fingerprint density at radius 2 is 1.62 bits per heavy atom. The van der Waals surface area contributed by atoms with Crippen LogP contribution in [0.2, 0.25) is 0 Å². The number of nitrogens with one attached hydrogen (secondary N) is 1. The standard InChI is InChI=1S/C14H18FN/c1-16-13-6-7-14(16)9-11(8-13)10-2-4-12(15)5-3-10/h2-5,11,13-14,16H,1,6-9H2/t11?,13-,14+. The molecule has 0 saturated carbocycles. The molecule has 1 nitrogen and oxygen atoms in total. The highest BCUT2D eigenvalue weighted by Crippen LogP contribution is 2.34. The van der Waals surface area contributed by atoms with Crippen molar-refractivity contribution in [2.75, 3.05) is 0 Å². The van der Waals surface area contributed by atoms with Crippen molar-refractivity contribution >= 4 is 0 Å². The molecule has 2 saturated heterocycles. The molecular weight excluding hydrogens is 201 g/mol. The zero-order chi connectivity index (χ0) is 11.1. The molecule has 2 heterocycles. The molecule has 2 aliphatic rings. The molecule has 1 aromatic carbocycles. The lowest BCUT2D eigenvalue weighted by Crippen LogP contribution is -3.13. The molecule has 2 bridgehead atoms. The molecule has 0 radical (unpaired) electrons. The summed E-state index contributed by atoms with van der Waals surface area (Å²) in [5.74, 6) is 0.496. The van der Waals surface area contributed by atoms with Crippen molar-refractivity contribution in [3.05, 3.63) is 42.7 Å². The smallest absolute Gasteiger partial charge is 0.123 e. The van der Waals surface area contributed by atoms with Gasteiger partial charge in [-0.25, -0.2) is 4.39 Å². The maximum Gasteiger partial charge on any atom is 0.123 e. The number of rotatable bonds is 1. The van der Waals surface area contributed by atoms with E-state index in [1.165, 1.54) is 36.1 Å². The van der Waals surface area contributed by atoms with Crippen molar-refractivity contribution in [3.63, 3.8) is 0 Å². The van der Waals surface area contributed by atoms with Crippen molar-refractivity contribution in [1.82, 2.24) is 0 Å². The fourth-order valence-corrected chi connectivity index (χ4v) is 3.44. The Balaban J connectivity index is 1.80. The van der Waals surface area contributed by atoms with Crippen LogP contribution in [0.15, 0.2) is 24.3 Å². The van der Waals surface area contributed by atoms with Gasteiger partial charge < -0.3 is 4.90 Å². The van der Waals surface area contributed by atoms with Gasteiger partial charge in [0.25, 0.3) is 0 Å². The second-order valence-corrected chi connectivity index (χ2v) is 5.27. The average Bonchev–Trinajstić information content (AvgIpc) is 2.54. The van der Waals surface area contributed by atoms with Gasteiger partial charge in [0.1, 0.15) is 5.82 Å². The Morgan fingerprint density at radius 1 is 1.06 bits per heavy atom. The van der Waals surface area contributed by atoms with E-state index in [0.717, 1.165) is 12.1 Å². The predicted molar refractivity (Wildman–Crippen MR) is 61.5 cm³/mol. The minimum atomic E-state index is -0.132. The first-order valence-electron chi connectivity index (χ1n) is 6.18. The van der Waals surface area contributed by atoms with Crippen LogP contribution >= 0.6 is 0 Å². The van der Waals surface area contributed by atoms with Crippen LogP contribution < -0.4 is 4.90 Å². The van der Waals surface area contributed by atoms with Crippen LogP contribution in [0.1, 0.15) is 37.2 Å². The van der Waals surface area contributed by atoms with Gasteiger partial charge in [-0.15, -0.1) is 0 Å². The number of piperidine rings is 1. The number of hydrogen-bond donors (Lipinski definition) is 1. The maximum atomic E-state index is 12.9. The summed E-state index contributed by atoms with van der Waals surface area (Å²) in [6.07, 6.45) is 5.09. The van der Waals surface area contributed by atoms with Crippen LogP contribution in [0, 0.1) is 12.9 Å². The van der Waals surface area contributed by atoms with Crippen LogP contribution in [0.4, 0.5) is 4.39 Å². The molecule has 0 spiro atoms. The number of hydrogen-bond acceptors (Lipinski definition) is 0. The third-order valence-electron chi connectivity index (χ3n) is 4.39. The summed E-state index contributed by atoms with van der Waals surface area (Å²) in [5, 5.41) is 0. The van der Waals surface area contributed by atoms with Crippen LogP contribution in [-0.2, 0) is 0 Å². The van der Waals surface area contributed by atoms with E-state index in [1.54, 1.807) is 12.1 Å². The average molecular weight is 219 g/mol. The minimum absolute atomic E-state index is 0.132. The first-order valence-corrected chi connectivity index (χ1v) is 6.18. The summed E-state index contributed by atoms with van der Waals surface area (Å²) >= 11 is 0. The van der Waals surface area contributed by atoms with Gasteiger partial charge in [0, 0.05) is 25.7 Å². The van der Waals surface area contributed by atoms with Gasteiger partial charge in [0.15, 0.2) is 0 Å². The van der Waals surface area contributed by atoms with E-state index in [1.807, 2.05) is 12.1 Å². The lowest BCUT2D eigenvalue weighted by atomic mass is 9.85. The highest BCUT2D eigenvalue weighted by atomic mass is 19.1. The summed E-state index contributed by atoms with van der Waals surface area (Å²) < 4.78 is 12.9. The third kappa shape index (κ3) is 1.65. The molecule has 86 valence electrons. The Labute approximate surface area is 96.3 Å². The van der Waals surface area contributed by atoms with Gasteiger partial charge in [-0.05, 0) is 23.6 Å². The molecule has 16 heavy (non-hydrogen) atoms. The normalized spacial score (nSPS) is 37.6. The first-order chi connectivity index (χ1) is 7.74. The molecular formula is C14H18FN. The Morgan fingerprint density at radius 3 is 2.19 bits per heavy atom. The van der Waals surface area contributed by atoms with E-state index >= 15 is 0 Å². The SMILES string of the molecule is [CH2-][NH+]1[C@@H]2CC[C@H]1CC(c1ccc(F)cc1)C2. The molecule has 2 heteroatoms. The highest BCUT2D eigenvalue weighted by Gasteiger charge is 2.39. The molecule has 0 aliphatic carbocycles. The van der Waals surface area contributed by atoms with Crippen LogP contribution in [0.5, 0.6) is 0 Å². The van der Waals surface area contributed by atoms with Crippen LogP contribution in [0.3, 0.4) is 0 Å². The number of benzene rings is 1. The molecule has 2 aliphatic heterocycles. The third-order valence-corrected chi connectivity index (χ3v) is 4.39. The molecule has 3 rings (SSSR count). The quantitative estimate of drug-likeness (QED) is 0.688. The van der Waals surface area contributed by atoms with E-state index in [2.05, 4.69) is 7.05 Å². The predicted octanol–water partition coefficient (Wildman–Crippen LogP) is 1.91. The first kappa shape index (κ1) is 10.3. The Bertz CT molecular complexity index is 359. The van der Waals surface area contributed by atoms with Gasteiger partial charge in [-0.3, -0.25) is 0 Å². The largest absolute Gasteiger partial charge is 0.463 e. The summed E-state index contributed by atoms with van der Waals surface area (Å²) in [6, 6.07) is 8.53. The van der Waals surface area contributed by atoms with Gasteiger partial charge in [-0.2, -0.15) is 7.05 Å². The van der Waals surface area contributed by atoms with Gasteiger partial charge in [-0.1, -0.05) is 12.1 Å². The van der Waals surface area contributed by atoms with Gasteiger partial charge in [0.05, 0.1) is 12.1 Å². The molecule has 1 N–H and O–H groups in total. The molecule has 2 fully saturated rings. The van der Waals surface area contributed by atoms with Crippen molar-refractivity contribution in [3.8, 4) is 0 Å². The van der Waals surface area contributed by atoms with Crippen LogP contribution in [0.25, 0.3) is 0 Å². The van der Waals surface area contributed by atoms with Gasteiger partial charge in [0.2, 0.25) is 0 Å². The Hall–Kier alpha value is -0.890. The number of halogens is 1. The Kier molecular flexibility index (Phi) is 2.47. The van der Waals surface area contributed by atoms with Crippen molar-refractivity contribution in [2.24, 2.45) is 0 Å². The lowest BCUT2D eigenvalue weighted by molar-refractivity contribution is -0.898.